The second kappa shape index (κ2) is 4.45. The van der Waals surface area contributed by atoms with Gasteiger partial charge in [0.25, 0.3) is 0 Å². The molecule has 0 N–H and O–H groups in total. The molecule has 0 aromatic heterocycles. The lowest BCUT2D eigenvalue weighted by Gasteiger charge is -2.05. The summed E-state index contributed by atoms with van der Waals surface area (Å²) in [5.74, 6) is 0. The smallest absolute Gasteiger partial charge is 0.0533 e. The highest BCUT2D eigenvalue weighted by Crippen LogP contribution is 2.15. The van der Waals surface area contributed by atoms with Gasteiger partial charge in [-0.2, -0.15) is 0 Å². The van der Waals surface area contributed by atoms with Crippen molar-refractivity contribution in [3.8, 4) is 0 Å². The molecule has 0 amide bonds. The first-order valence-corrected chi connectivity index (χ1v) is 3.00. The van der Waals surface area contributed by atoms with E-state index in [2.05, 4.69) is 0 Å². The van der Waals surface area contributed by atoms with E-state index in [0.717, 1.165) is 0 Å². The molecular formula is C6H13Cl. The number of halogens is 1. The molecule has 1 heteroatoms. The van der Waals surface area contributed by atoms with Crippen LogP contribution in [0.4, 0.5) is 0 Å². The fourth-order valence-corrected chi connectivity index (χ4v) is 1.06. The van der Waals surface area contributed by atoms with Crippen LogP contribution in [0, 0.1) is 0 Å². The van der Waals surface area contributed by atoms with Crippen LogP contribution in [0.2, 0.25) is 0 Å². The Morgan fingerprint density at radius 3 is 0.714 bits per heavy atom. The van der Waals surface area contributed by atoms with Crippen LogP contribution in [0.5, 0.6) is 0 Å². The summed E-state index contributed by atoms with van der Waals surface area (Å²) >= 11 is 0. The van der Waals surface area contributed by atoms with Crippen molar-refractivity contribution in [2.24, 2.45) is 0 Å². The van der Waals surface area contributed by atoms with E-state index in [1.807, 2.05) is 0 Å². The molecule has 1 fully saturated rings. The van der Waals surface area contributed by atoms with Crippen LogP contribution in [0.15, 0.2) is 0 Å². The van der Waals surface area contributed by atoms with Gasteiger partial charge >= 0.3 is 0 Å². The summed E-state index contributed by atoms with van der Waals surface area (Å²) in [6.45, 7) is 0. The molecule has 0 spiro atoms. The third-order valence-corrected chi connectivity index (χ3v) is 1.50. The van der Waals surface area contributed by atoms with Crippen molar-refractivity contribution < 1.29 is 0 Å². The standard InChI is InChI=1S/C6H12.ClH/c1-2-4-6-5-3-1;/h1-6H2;1H. The van der Waals surface area contributed by atoms with Gasteiger partial charge in [-0.3, -0.25) is 0 Å². The van der Waals surface area contributed by atoms with Crippen molar-refractivity contribution in [3.63, 3.8) is 0 Å². The maximum Gasteiger partial charge on any atom is -0.0533 e. The third kappa shape index (κ3) is 2.93. The largest absolute Gasteiger partial charge is 0.147 e. The first-order valence-electron chi connectivity index (χ1n) is 3.00. The van der Waals surface area contributed by atoms with Crippen molar-refractivity contribution in [1.29, 1.82) is 0 Å². The maximum atomic E-state index is 1.50. The SMILES string of the molecule is C1CCCCC1.Cl. The summed E-state index contributed by atoms with van der Waals surface area (Å²) in [7, 11) is 0. The summed E-state index contributed by atoms with van der Waals surface area (Å²) in [6.07, 6.45) is 9.00. The van der Waals surface area contributed by atoms with Gasteiger partial charge in [-0.1, -0.05) is 38.5 Å². The van der Waals surface area contributed by atoms with E-state index >= 15 is 0 Å². The minimum Gasteiger partial charge on any atom is -0.147 e. The lowest BCUT2D eigenvalue weighted by Crippen LogP contribution is -1.85. The molecule has 1 aliphatic rings. The molecule has 0 aliphatic heterocycles. The third-order valence-electron chi connectivity index (χ3n) is 1.50. The average Bonchev–Trinajstić information content (AvgIpc) is 1.72. The van der Waals surface area contributed by atoms with Crippen LogP contribution in [0.1, 0.15) is 38.5 Å². The van der Waals surface area contributed by atoms with E-state index in [-0.39, 0.29) is 12.4 Å². The van der Waals surface area contributed by atoms with E-state index < -0.39 is 0 Å². The molecule has 0 heterocycles. The van der Waals surface area contributed by atoms with Gasteiger partial charge in [0.05, 0.1) is 0 Å². The fraction of sp³-hybridized carbons (Fsp3) is 1.00. The Balaban J connectivity index is 0.000000360. The molecule has 1 rings (SSSR count). The molecule has 0 atom stereocenters. The highest BCUT2D eigenvalue weighted by molar-refractivity contribution is 5.85. The predicted octanol–water partition coefficient (Wildman–Crippen LogP) is 2.76. The van der Waals surface area contributed by atoms with Crippen LogP contribution in [-0.4, -0.2) is 0 Å². The Morgan fingerprint density at radius 1 is 0.429 bits per heavy atom. The molecule has 0 aromatic rings. The molecule has 0 unspecified atom stereocenters. The van der Waals surface area contributed by atoms with E-state index in [1.54, 1.807) is 0 Å². The van der Waals surface area contributed by atoms with Crippen LogP contribution >= 0.6 is 12.4 Å². The van der Waals surface area contributed by atoms with Gasteiger partial charge in [0.15, 0.2) is 0 Å². The molecule has 7 heavy (non-hydrogen) atoms. The van der Waals surface area contributed by atoms with E-state index in [0.29, 0.717) is 0 Å². The van der Waals surface area contributed by atoms with Crippen LogP contribution in [0.25, 0.3) is 0 Å². The lowest BCUT2D eigenvalue weighted by molar-refractivity contribution is 0.504. The summed E-state index contributed by atoms with van der Waals surface area (Å²) in [4.78, 5) is 0. The van der Waals surface area contributed by atoms with Crippen LogP contribution in [-0.2, 0) is 0 Å². The Hall–Kier alpha value is 0.290. The normalized spacial score (nSPS) is 20.6. The highest BCUT2D eigenvalue weighted by atomic mass is 35.5. The molecule has 0 nitrogen and oxygen atoms in total. The van der Waals surface area contributed by atoms with Gasteiger partial charge in [0.2, 0.25) is 0 Å². The zero-order valence-electron chi connectivity index (χ0n) is 4.65. The minimum atomic E-state index is 0. The van der Waals surface area contributed by atoms with Crippen LogP contribution < -0.4 is 0 Å². The quantitative estimate of drug-likeness (QED) is 0.461. The average molecular weight is 121 g/mol. The van der Waals surface area contributed by atoms with E-state index in [1.165, 1.54) is 38.5 Å². The maximum absolute atomic E-state index is 1.50. The number of rotatable bonds is 0. The molecule has 0 aromatic carbocycles. The van der Waals surface area contributed by atoms with Gasteiger partial charge in [0, 0.05) is 0 Å². The molecule has 1 aliphatic carbocycles. The van der Waals surface area contributed by atoms with Crippen molar-refractivity contribution in [3.05, 3.63) is 0 Å². The first-order chi connectivity index (χ1) is 3.00. The Labute approximate surface area is 51.7 Å². The van der Waals surface area contributed by atoms with E-state index in [4.69, 9.17) is 0 Å². The van der Waals surface area contributed by atoms with Crippen molar-refractivity contribution in [1.82, 2.24) is 0 Å². The summed E-state index contributed by atoms with van der Waals surface area (Å²) in [5, 5.41) is 0. The zero-order chi connectivity index (χ0) is 4.24. The van der Waals surface area contributed by atoms with Gasteiger partial charge in [0.1, 0.15) is 0 Å². The zero-order valence-corrected chi connectivity index (χ0v) is 5.47. The van der Waals surface area contributed by atoms with Gasteiger partial charge in [-0.15, -0.1) is 12.4 Å². The second-order valence-electron chi connectivity index (χ2n) is 2.12. The minimum absolute atomic E-state index is 0. The summed E-state index contributed by atoms with van der Waals surface area (Å²) in [6, 6.07) is 0. The van der Waals surface area contributed by atoms with Gasteiger partial charge in [-0.05, 0) is 0 Å². The molecule has 0 radical (unpaired) electrons. The summed E-state index contributed by atoms with van der Waals surface area (Å²) < 4.78 is 0. The van der Waals surface area contributed by atoms with Gasteiger partial charge in [-0.25, -0.2) is 0 Å². The Kier molecular flexibility index (Phi) is 4.63. The number of hydrogen-bond acceptors (Lipinski definition) is 0. The van der Waals surface area contributed by atoms with Crippen molar-refractivity contribution >= 4 is 12.4 Å². The molecular weight excluding hydrogens is 108 g/mol. The number of hydrogen-bond donors (Lipinski definition) is 0. The summed E-state index contributed by atoms with van der Waals surface area (Å²) in [5.41, 5.74) is 0. The van der Waals surface area contributed by atoms with Crippen LogP contribution in [0.3, 0.4) is 0 Å². The molecule has 1 saturated carbocycles. The fourth-order valence-electron chi connectivity index (χ4n) is 1.06. The topological polar surface area (TPSA) is 0 Å². The van der Waals surface area contributed by atoms with Gasteiger partial charge < -0.3 is 0 Å². The monoisotopic (exact) mass is 120 g/mol. The van der Waals surface area contributed by atoms with E-state index in [9.17, 15) is 0 Å². The molecule has 44 valence electrons. The molecule has 0 bridgehead atoms. The van der Waals surface area contributed by atoms with Crippen molar-refractivity contribution in [2.75, 3.05) is 0 Å². The second-order valence-corrected chi connectivity index (χ2v) is 2.12. The predicted molar refractivity (Wildman–Crippen MR) is 34.9 cm³/mol. The lowest BCUT2D eigenvalue weighted by atomic mass is 10.0. The molecule has 0 saturated heterocycles. The highest BCUT2D eigenvalue weighted by Gasteiger charge is 1.95. The Morgan fingerprint density at radius 2 is 0.571 bits per heavy atom. The van der Waals surface area contributed by atoms with Crippen molar-refractivity contribution in [2.45, 2.75) is 38.5 Å². The Bertz CT molecular complexity index is 19.7. The first kappa shape index (κ1) is 7.29.